The molecule has 2 aromatic heterocycles. The molecular weight excluding hydrogens is 648 g/mol. The van der Waals surface area contributed by atoms with Gasteiger partial charge in [0, 0.05) is 24.2 Å². The highest BCUT2D eigenvalue weighted by Gasteiger charge is 2.54. The lowest BCUT2D eigenvalue weighted by atomic mass is 9.98. The highest BCUT2D eigenvalue weighted by molar-refractivity contribution is 7.84. The number of oxime groups is 1. The first-order valence-corrected chi connectivity index (χ1v) is 16.0. The lowest BCUT2D eigenvalue weighted by Crippen LogP contribution is -2.73. The largest absolute Gasteiger partial charge is 0.457 e. The van der Waals surface area contributed by atoms with Gasteiger partial charge in [0.05, 0.1) is 6.04 Å². The average molecular weight is 685 g/mol. The SMILES string of the molecule is CC(C)(C)OC(=O)Nc1nc(/C(=N\OC(C)(C)C(=O)OC(C)(C)C)C(=O)N[C@@H]2C(=O)N(S(=O)(=O)O)[C@@H]2Cn2ccccc2=O)cs1. The van der Waals surface area contributed by atoms with Crippen molar-refractivity contribution in [1.82, 2.24) is 19.2 Å². The number of nitrogens with one attached hydrogen (secondary N) is 2. The van der Waals surface area contributed by atoms with Crippen molar-refractivity contribution < 1.29 is 46.5 Å². The van der Waals surface area contributed by atoms with E-state index in [4.69, 9.17) is 14.3 Å². The molecule has 1 aliphatic rings. The Kier molecular flexibility index (Phi) is 10.3. The molecule has 46 heavy (non-hydrogen) atoms. The number of hydrogen-bond donors (Lipinski definition) is 3. The van der Waals surface area contributed by atoms with Crippen LogP contribution in [0.1, 0.15) is 61.1 Å². The molecule has 1 saturated heterocycles. The molecule has 19 heteroatoms. The van der Waals surface area contributed by atoms with Gasteiger partial charge in [0.1, 0.15) is 22.9 Å². The summed E-state index contributed by atoms with van der Waals surface area (Å²) in [6, 6.07) is 1.18. The summed E-state index contributed by atoms with van der Waals surface area (Å²) < 4.78 is 45.4. The summed E-state index contributed by atoms with van der Waals surface area (Å²) in [5.74, 6) is -3.11. The molecular formula is C27H36N6O11S2. The zero-order chi connectivity index (χ0) is 34.8. The molecule has 0 saturated carbocycles. The molecule has 0 aromatic carbocycles. The second-order valence-electron chi connectivity index (χ2n) is 12.5. The van der Waals surface area contributed by atoms with Gasteiger partial charge in [0.25, 0.3) is 17.4 Å². The van der Waals surface area contributed by atoms with Gasteiger partial charge in [-0.25, -0.2) is 18.9 Å². The first-order valence-electron chi connectivity index (χ1n) is 13.7. The Morgan fingerprint density at radius 1 is 1.04 bits per heavy atom. The maximum Gasteiger partial charge on any atom is 0.413 e. The predicted molar refractivity (Wildman–Crippen MR) is 164 cm³/mol. The van der Waals surface area contributed by atoms with Crippen LogP contribution >= 0.6 is 11.3 Å². The van der Waals surface area contributed by atoms with E-state index >= 15 is 0 Å². The third kappa shape index (κ3) is 9.33. The molecule has 1 fully saturated rings. The van der Waals surface area contributed by atoms with E-state index in [1.807, 2.05) is 0 Å². The number of pyridine rings is 1. The monoisotopic (exact) mass is 684 g/mol. The van der Waals surface area contributed by atoms with Gasteiger partial charge in [-0.2, -0.15) is 8.42 Å². The number of thiazole rings is 1. The molecule has 3 N–H and O–H groups in total. The Hall–Kier alpha value is -4.36. The van der Waals surface area contributed by atoms with Crippen molar-refractivity contribution in [3.63, 3.8) is 0 Å². The number of esters is 1. The molecule has 0 radical (unpaired) electrons. The Morgan fingerprint density at radius 3 is 2.24 bits per heavy atom. The number of ether oxygens (including phenoxy) is 2. The molecule has 2 aromatic rings. The van der Waals surface area contributed by atoms with E-state index in [2.05, 4.69) is 20.8 Å². The number of anilines is 1. The van der Waals surface area contributed by atoms with Crippen molar-refractivity contribution in [2.45, 2.75) is 90.8 Å². The summed E-state index contributed by atoms with van der Waals surface area (Å²) in [6.07, 6.45) is 0.503. The summed E-state index contributed by atoms with van der Waals surface area (Å²) in [7, 11) is -5.07. The number of β-lactam (4-membered cyclic amide) rings is 1. The Morgan fingerprint density at radius 2 is 1.67 bits per heavy atom. The summed E-state index contributed by atoms with van der Waals surface area (Å²) in [5.41, 5.74) is -4.68. The van der Waals surface area contributed by atoms with Crippen LogP contribution in [0.5, 0.6) is 0 Å². The first kappa shape index (κ1) is 36.1. The summed E-state index contributed by atoms with van der Waals surface area (Å²) in [4.78, 5) is 73.3. The number of hydrogen-bond acceptors (Lipinski definition) is 13. The predicted octanol–water partition coefficient (Wildman–Crippen LogP) is 1.69. The Labute approximate surface area is 268 Å². The maximum absolute atomic E-state index is 13.6. The minimum absolute atomic E-state index is 0.00486. The zero-order valence-corrected chi connectivity index (χ0v) is 28.0. The highest BCUT2D eigenvalue weighted by Crippen LogP contribution is 2.26. The molecule has 0 unspecified atom stereocenters. The summed E-state index contributed by atoms with van der Waals surface area (Å²) in [6.45, 7) is 12.2. The van der Waals surface area contributed by atoms with Gasteiger partial charge in [-0.1, -0.05) is 11.2 Å². The van der Waals surface area contributed by atoms with E-state index < -0.39 is 80.9 Å². The molecule has 3 amide bonds. The minimum atomic E-state index is -5.07. The van der Waals surface area contributed by atoms with Gasteiger partial charge < -0.3 is 24.2 Å². The fourth-order valence-electron chi connectivity index (χ4n) is 3.80. The highest BCUT2D eigenvalue weighted by atomic mass is 32.2. The van der Waals surface area contributed by atoms with Gasteiger partial charge in [-0.3, -0.25) is 24.3 Å². The number of aromatic nitrogens is 2. The van der Waals surface area contributed by atoms with E-state index in [1.54, 1.807) is 41.5 Å². The lowest BCUT2D eigenvalue weighted by molar-refractivity contribution is -0.179. The van der Waals surface area contributed by atoms with E-state index in [-0.39, 0.29) is 15.1 Å². The van der Waals surface area contributed by atoms with Crippen LogP contribution in [0.15, 0.2) is 39.7 Å². The van der Waals surface area contributed by atoms with Crippen LogP contribution in [-0.2, 0) is 45.5 Å². The molecule has 1 aliphatic heterocycles. The fraction of sp³-hybridized carbons (Fsp3) is 0.519. The third-order valence-electron chi connectivity index (χ3n) is 5.81. The molecule has 0 bridgehead atoms. The van der Waals surface area contributed by atoms with Gasteiger partial charge >= 0.3 is 22.4 Å². The molecule has 252 valence electrons. The molecule has 3 heterocycles. The van der Waals surface area contributed by atoms with Crippen molar-refractivity contribution in [2.24, 2.45) is 5.16 Å². The lowest BCUT2D eigenvalue weighted by Gasteiger charge is -2.44. The molecule has 17 nitrogen and oxygen atoms in total. The zero-order valence-electron chi connectivity index (χ0n) is 26.4. The summed E-state index contributed by atoms with van der Waals surface area (Å²) in [5, 5.41) is 9.93. The normalized spacial score (nSPS) is 17.5. The minimum Gasteiger partial charge on any atom is -0.457 e. The second-order valence-corrected chi connectivity index (χ2v) is 14.7. The van der Waals surface area contributed by atoms with Crippen LogP contribution < -0.4 is 16.2 Å². The van der Waals surface area contributed by atoms with E-state index in [1.165, 1.54) is 43.6 Å². The van der Waals surface area contributed by atoms with E-state index in [0.29, 0.717) is 0 Å². The van der Waals surface area contributed by atoms with Crippen LogP contribution in [0, 0.1) is 0 Å². The van der Waals surface area contributed by atoms with Crippen molar-refractivity contribution in [2.75, 3.05) is 5.32 Å². The smallest absolute Gasteiger partial charge is 0.413 e. The molecule has 3 rings (SSSR count). The number of amides is 3. The van der Waals surface area contributed by atoms with Gasteiger partial charge in [0.15, 0.2) is 10.8 Å². The van der Waals surface area contributed by atoms with Crippen LogP contribution in [0.4, 0.5) is 9.93 Å². The van der Waals surface area contributed by atoms with E-state index in [9.17, 15) is 36.9 Å². The topological polar surface area (TPSA) is 225 Å². The standard InChI is InChI=1S/C27H36N6O11S2/c1-25(2,3)42-22(37)27(7,8)44-31-18(15-14-45-23(28-15)30-24(38)43-26(4,5)6)20(35)29-19-16(33(21(19)36)46(39,40)41)13-32-12-10-9-11-17(32)34/h9-12,14,16,19H,13H2,1-8H3,(H,29,35)(H,28,30,38)(H,39,40,41)/b31-18+/t16-,19+/m1/s1. The molecule has 0 aliphatic carbocycles. The third-order valence-corrected chi connectivity index (χ3v) is 7.52. The Balaban J connectivity index is 1.96. The molecule has 0 spiro atoms. The number of nitrogens with zero attached hydrogens (tertiary/aromatic N) is 4. The molecule has 2 atom stereocenters. The van der Waals surface area contributed by atoms with Gasteiger partial charge in [0.2, 0.25) is 5.60 Å². The number of carbonyl (C=O) groups is 4. The maximum atomic E-state index is 13.6. The van der Waals surface area contributed by atoms with Crippen LogP contribution in [-0.4, -0.2) is 85.3 Å². The van der Waals surface area contributed by atoms with Gasteiger partial charge in [-0.05, 0) is 61.5 Å². The second kappa shape index (κ2) is 13.2. The van der Waals surface area contributed by atoms with Crippen LogP contribution in [0.25, 0.3) is 0 Å². The quantitative estimate of drug-likeness (QED) is 0.107. The van der Waals surface area contributed by atoms with Crippen LogP contribution in [0.3, 0.4) is 0 Å². The fourth-order valence-corrected chi connectivity index (χ4v) is 5.35. The van der Waals surface area contributed by atoms with Crippen molar-refractivity contribution >= 4 is 56.4 Å². The number of rotatable bonds is 10. The summed E-state index contributed by atoms with van der Waals surface area (Å²) >= 11 is 0.887. The van der Waals surface area contributed by atoms with E-state index in [0.717, 1.165) is 15.9 Å². The van der Waals surface area contributed by atoms with Crippen LogP contribution in [0.2, 0.25) is 0 Å². The van der Waals surface area contributed by atoms with Crippen molar-refractivity contribution in [1.29, 1.82) is 0 Å². The number of carbonyl (C=O) groups excluding carboxylic acids is 4. The van der Waals surface area contributed by atoms with Crippen molar-refractivity contribution in [3.8, 4) is 0 Å². The van der Waals surface area contributed by atoms with Crippen molar-refractivity contribution in [3.05, 3.63) is 45.8 Å². The Bertz CT molecular complexity index is 1700. The average Bonchev–Trinajstić information content (AvgIpc) is 3.32. The first-order chi connectivity index (χ1) is 21.0. The van der Waals surface area contributed by atoms with Gasteiger partial charge in [-0.15, -0.1) is 11.3 Å².